The largest absolute Gasteiger partial charge is 0.310 e. The van der Waals surface area contributed by atoms with Crippen molar-refractivity contribution in [1.82, 2.24) is 0 Å². The van der Waals surface area contributed by atoms with Gasteiger partial charge < -0.3 is 4.90 Å². The highest BCUT2D eigenvalue weighted by Crippen LogP contribution is 2.57. The predicted octanol–water partition coefficient (Wildman–Crippen LogP) is 19.7. The summed E-state index contributed by atoms with van der Waals surface area (Å²) < 4.78 is 2.65. The number of hydrogen-bond acceptors (Lipinski definition) is 2. The molecule has 1 heterocycles. The summed E-state index contributed by atoms with van der Waals surface area (Å²) in [6.45, 7) is 0. The van der Waals surface area contributed by atoms with Crippen LogP contribution in [0.25, 0.3) is 86.6 Å². The minimum absolute atomic E-state index is 0.514. The second kappa shape index (κ2) is 17.6. The van der Waals surface area contributed by atoms with Crippen LogP contribution in [0, 0.1) is 0 Å². The lowest BCUT2D eigenvalue weighted by Gasteiger charge is -2.35. The molecule has 1 aromatic heterocycles. The molecule has 1 nitrogen and oxygen atoms in total. The van der Waals surface area contributed by atoms with Crippen molar-refractivity contribution in [3.05, 3.63) is 307 Å². The number of benzene rings is 12. The summed E-state index contributed by atoms with van der Waals surface area (Å²) in [7, 11) is 0. The Kier molecular flexibility index (Phi) is 10.3. The highest BCUT2D eigenvalue weighted by molar-refractivity contribution is 7.26. The first-order chi connectivity index (χ1) is 36.2. The summed E-state index contributed by atoms with van der Waals surface area (Å²) in [4.78, 5) is 2.43. The molecule has 0 aliphatic heterocycles. The van der Waals surface area contributed by atoms with Gasteiger partial charge in [-0.2, -0.15) is 0 Å². The van der Waals surface area contributed by atoms with E-state index in [9.17, 15) is 0 Å². The van der Waals surface area contributed by atoms with Gasteiger partial charge in [0.05, 0.1) is 5.41 Å². The molecule has 0 saturated heterocycles. The van der Waals surface area contributed by atoms with Gasteiger partial charge in [-0.15, -0.1) is 11.3 Å². The number of rotatable bonds is 9. The molecule has 12 aromatic carbocycles. The number of fused-ring (bicyclic) bond motifs is 7. The first kappa shape index (κ1) is 42.8. The second-order valence-corrected chi connectivity index (χ2v) is 20.2. The van der Waals surface area contributed by atoms with Gasteiger partial charge in [-0.1, -0.05) is 237 Å². The second-order valence-electron chi connectivity index (χ2n) is 19.2. The SMILES string of the molecule is c1ccc(-c2cccc3c2sc2ccc(-c4ccc(-c5ccc(N(c6ccc(-c7cccc8ccccc78)cc6)c6ccc7c(c6)C(c6ccccc6)(c6ccccc6)c6ccccc6-7)cc5)cc4)cc23)cc1. The van der Waals surface area contributed by atoms with Crippen LogP contribution in [0.2, 0.25) is 0 Å². The Balaban J connectivity index is 0.855. The topological polar surface area (TPSA) is 3.24 Å². The molecule has 13 aromatic rings. The molecule has 1 aliphatic rings. The third-order valence-electron chi connectivity index (χ3n) is 15.2. The third-order valence-corrected chi connectivity index (χ3v) is 16.4. The summed E-state index contributed by atoms with van der Waals surface area (Å²) in [5.41, 5.74) is 20.2. The van der Waals surface area contributed by atoms with E-state index in [-0.39, 0.29) is 0 Å². The normalized spacial score (nSPS) is 12.5. The monoisotopic (exact) mass is 945 g/mol. The van der Waals surface area contributed by atoms with Gasteiger partial charge in [0.2, 0.25) is 0 Å². The van der Waals surface area contributed by atoms with E-state index in [2.05, 4.69) is 290 Å². The number of anilines is 3. The molecule has 0 spiro atoms. The molecule has 342 valence electrons. The van der Waals surface area contributed by atoms with Crippen molar-refractivity contribution in [3.8, 4) is 55.6 Å². The predicted molar refractivity (Wildman–Crippen MR) is 311 cm³/mol. The van der Waals surface area contributed by atoms with Gasteiger partial charge in [-0.25, -0.2) is 0 Å². The number of thiophene rings is 1. The van der Waals surface area contributed by atoms with Gasteiger partial charge in [0.1, 0.15) is 0 Å². The van der Waals surface area contributed by atoms with E-state index in [4.69, 9.17) is 0 Å². The Morgan fingerprint density at radius 2 is 0.753 bits per heavy atom. The average molecular weight is 946 g/mol. The van der Waals surface area contributed by atoms with Gasteiger partial charge in [0.15, 0.2) is 0 Å². The van der Waals surface area contributed by atoms with Gasteiger partial charge in [0.25, 0.3) is 0 Å². The van der Waals surface area contributed by atoms with E-state index in [1.165, 1.54) is 109 Å². The molecule has 0 unspecified atom stereocenters. The highest BCUT2D eigenvalue weighted by Gasteiger charge is 2.46. The molecular formula is C71H47NS. The summed E-state index contributed by atoms with van der Waals surface area (Å²) in [5.74, 6) is 0. The zero-order valence-corrected chi connectivity index (χ0v) is 40.8. The van der Waals surface area contributed by atoms with Crippen molar-refractivity contribution in [2.75, 3.05) is 4.90 Å². The molecule has 2 heteroatoms. The lowest BCUT2D eigenvalue weighted by Crippen LogP contribution is -2.28. The molecule has 0 radical (unpaired) electrons. The molecule has 0 bridgehead atoms. The maximum absolute atomic E-state index is 2.46. The average Bonchev–Trinajstić information content (AvgIpc) is 4.00. The zero-order valence-electron chi connectivity index (χ0n) is 40.0. The highest BCUT2D eigenvalue weighted by atomic mass is 32.1. The molecule has 0 saturated carbocycles. The fraction of sp³-hybridized carbons (Fsp3) is 0.0141. The van der Waals surface area contributed by atoms with E-state index in [0.29, 0.717) is 0 Å². The Morgan fingerprint density at radius 3 is 1.47 bits per heavy atom. The number of nitrogens with zero attached hydrogens (tertiary/aromatic N) is 1. The van der Waals surface area contributed by atoms with Crippen LogP contribution in [0.1, 0.15) is 22.3 Å². The lowest BCUT2D eigenvalue weighted by molar-refractivity contribution is 0.768. The van der Waals surface area contributed by atoms with Crippen LogP contribution < -0.4 is 4.90 Å². The summed E-state index contributed by atoms with van der Waals surface area (Å²) in [5, 5.41) is 5.11. The maximum atomic E-state index is 2.46. The Labute approximate surface area is 430 Å². The summed E-state index contributed by atoms with van der Waals surface area (Å²) >= 11 is 1.88. The molecule has 73 heavy (non-hydrogen) atoms. The fourth-order valence-electron chi connectivity index (χ4n) is 11.8. The summed E-state index contributed by atoms with van der Waals surface area (Å²) in [6.07, 6.45) is 0. The van der Waals surface area contributed by atoms with Gasteiger partial charge >= 0.3 is 0 Å². The van der Waals surface area contributed by atoms with Crippen LogP contribution in [0.5, 0.6) is 0 Å². The first-order valence-electron chi connectivity index (χ1n) is 25.1. The molecular weight excluding hydrogens is 899 g/mol. The van der Waals surface area contributed by atoms with Crippen molar-refractivity contribution in [2.24, 2.45) is 0 Å². The Morgan fingerprint density at radius 1 is 0.274 bits per heavy atom. The smallest absolute Gasteiger partial charge is 0.0714 e. The minimum atomic E-state index is -0.514. The van der Waals surface area contributed by atoms with Gasteiger partial charge in [-0.3, -0.25) is 0 Å². The minimum Gasteiger partial charge on any atom is -0.310 e. The number of hydrogen-bond donors (Lipinski definition) is 0. The van der Waals surface area contributed by atoms with Crippen molar-refractivity contribution in [2.45, 2.75) is 5.41 Å². The van der Waals surface area contributed by atoms with Crippen LogP contribution in [0.15, 0.2) is 285 Å². The summed E-state index contributed by atoms with van der Waals surface area (Å²) in [6, 6.07) is 105. The Bertz CT molecular complexity index is 4110. The molecule has 0 N–H and O–H groups in total. The van der Waals surface area contributed by atoms with E-state index in [0.717, 1.165) is 17.1 Å². The molecule has 1 aliphatic carbocycles. The van der Waals surface area contributed by atoms with E-state index < -0.39 is 5.41 Å². The third kappa shape index (κ3) is 7.13. The van der Waals surface area contributed by atoms with E-state index in [1.807, 2.05) is 11.3 Å². The lowest BCUT2D eigenvalue weighted by atomic mass is 9.67. The van der Waals surface area contributed by atoms with Gasteiger partial charge in [-0.05, 0) is 137 Å². The van der Waals surface area contributed by atoms with Crippen LogP contribution >= 0.6 is 11.3 Å². The fourth-order valence-corrected chi connectivity index (χ4v) is 13.0. The van der Waals surface area contributed by atoms with Crippen molar-refractivity contribution in [1.29, 1.82) is 0 Å². The van der Waals surface area contributed by atoms with E-state index in [1.54, 1.807) is 0 Å². The van der Waals surface area contributed by atoms with Crippen molar-refractivity contribution in [3.63, 3.8) is 0 Å². The molecule has 0 atom stereocenters. The van der Waals surface area contributed by atoms with E-state index >= 15 is 0 Å². The van der Waals surface area contributed by atoms with Crippen LogP contribution in [0.4, 0.5) is 17.1 Å². The van der Waals surface area contributed by atoms with Crippen LogP contribution in [-0.2, 0) is 5.41 Å². The molecule has 0 amide bonds. The maximum Gasteiger partial charge on any atom is 0.0714 e. The zero-order chi connectivity index (χ0) is 48.3. The Hall–Kier alpha value is -9.08. The standard InChI is InChI=1S/C71H47NS/c1-4-16-52(17-5-1)62-27-15-28-65-66-46-54(38-45-69(66)73-70(62)65)50-32-30-48(31-33-50)49-34-39-57(40-35-49)72(58-41-36-53(37-42-58)61-26-14-19-51-18-10-11-24-60(51)61)59-43-44-64-63-25-12-13-29-67(63)71(68(64)47-59,55-20-6-2-7-21-55)56-22-8-3-9-23-56/h1-47H. The first-order valence-corrected chi connectivity index (χ1v) is 26.0. The van der Waals surface area contributed by atoms with Crippen molar-refractivity contribution >= 4 is 59.3 Å². The van der Waals surface area contributed by atoms with Crippen LogP contribution in [-0.4, -0.2) is 0 Å². The quantitative estimate of drug-likeness (QED) is 0.139. The van der Waals surface area contributed by atoms with Crippen LogP contribution in [0.3, 0.4) is 0 Å². The molecule has 0 fully saturated rings. The van der Waals surface area contributed by atoms with Crippen molar-refractivity contribution < 1.29 is 0 Å². The van der Waals surface area contributed by atoms with Gasteiger partial charge in [0, 0.05) is 37.2 Å². The molecule has 14 rings (SSSR count).